The van der Waals surface area contributed by atoms with Gasteiger partial charge in [-0.1, -0.05) is 29.5 Å². The molecule has 9 nitrogen and oxygen atoms in total. The lowest BCUT2D eigenvalue weighted by Gasteiger charge is -2.36. The van der Waals surface area contributed by atoms with Gasteiger partial charge in [-0.15, -0.1) is 5.10 Å². The Morgan fingerprint density at radius 1 is 0.939 bits per heavy atom. The summed E-state index contributed by atoms with van der Waals surface area (Å²) < 4.78 is 2.88. The fraction of sp³-hybridized carbons (Fsp3) is 0.292. The Bertz CT molecular complexity index is 1350. The summed E-state index contributed by atoms with van der Waals surface area (Å²) in [5.41, 5.74) is 4.28. The first-order chi connectivity index (χ1) is 16.0. The summed E-state index contributed by atoms with van der Waals surface area (Å²) in [7, 11) is 0. The molecule has 1 aliphatic heterocycles. The van der Waals surface area contributed by atoms with E-state index in [1.165, 1.54) is 10.9 Å². The first kappa shape index (κ1) is 20.9. The number of benzene rings is 2. The van der Waals surface area contributed by atoms with Gasteiger partial charge in [-0.25, -0.2) is 4.98 Å². The fourth-order valence-electron chi connectivity index (χ4n) is 4.30. The second-order valence-electron chi connectivity index (χ2n) is 8.40. The summed E-state index contributed by atoms with van der Waals surface area (Å²) in [5.74, 6) is -0.104. The standard InChI is InChI=1S/C24H25N7O2/c1-17-12-18(2)14-20(13-17)31-23-22(26-27-31)24(33)30(16-25-23)15-21(32)29-10-8-28(9-11-29)19-6-4-3-5-7-19/h3-7,12-14,16H,8-11,15H2,1-2H3. The molecule has 1 aliphatic rings. The largest absolute Gasteiger partial charge is 0.368 e. The Hall–Kier alpha value is -4.01. The number of piperazine rings is 1. The Kier molecular flexibility index (Phi) is 5.37. The molecule has 0 atom stereocenters. The van der Waals surface area contributed by atoms with E-state index in [0.717, 1.165) is 35.6 Å². The van der Waals surface area contributed by atoms with E-state index in [-0.39, 0.29) is 23.5 Å². The summed E-state index contributed by atoms with van der Waals surface area (Å²) in [6.07, 6.45) is 1.41. The van der Waals surface area contributed by atoms with Crippen LogP contribution in [0.3, 0.4) is 0 Å². The molecule has 1 saturated heterocycles. The molecule has 0 N–H and O–H groups in total. The quantitative estimate of drug-likeness (QED) is 0.479. The fourth-order valence-corrected chi connectivity index (χ4v) is 4.30. The number of para-hydroxylation sites is 1. The molecule has 0 unspecified atom stereocenters. The van der Waals surface area contributed by atoms with Crippen molar-refractivity contribution in [1.29, 1.82) is 0 Å². The van der Waals surface area contributed by atoms with Crippen molar-refractivity contribution < 1.29 is 4.79 Å². The Balaban J connectivity index is 1.32. The third kappa shape index (κ3) is 4.09. The second kappa shape index (κ2) is 8.50. The average molecular weight is 444 g/mol. The highest BCUT2D eigenvalue weighted by Gasteiger charge is 2.22. The van der Waals surface area contributed by atoms with E-state index in [1.807, 2.05) is 44.2 Å². The highest BCUT2D eigenvalue weighted by atomic mass is 16.2. The van der Waals surface area contributed by atoms with E-state index in [2.05, 4.69) is 38.4 Å². The summed E-state index contributed by atoms with van der Waals surface area (Å²) in [5, 5.41) is 8.21. The molecule has 4 aromatic rings. The van der Waals surface area contributed by atoms with Crippen molar-refractivity contribution in [1.82, 2.24) is 29.4 Å². The minimum Gasteiger partial charge on any atom is -0.368 e. The zero-order valence-electron chi connectivity index (χ0n) is 18.7. The van der Waals surface area contributed by atoms with Gasteiger partial charge in [0.2, 0.25) is 5.91 Å². The number of nitrogens with zero attached hydrogens (tertiary/aromatic N) is 7. The molecule has 2 aromatic carbocycles. The Labute approximate surface area is 190 Å². The Morgan fingerprint density at radius 2 is 1.64 bits per heavy atom. The van der Waals surface area contributed by atoms with Crippen molar-refractivity contribution in [3.63, 3.8) is 0 Å². The molecule has 168 valence electrons. The van der Waals surface area contributed by atoms with Crippen molar-refractivity contribution in [2.24, 2.45) is 0 Å². The molecule has 0 radical (unpaired) electrons. The highest BCUT2D eigenvalue weighted by Crippen LogP contribution is 2.17. The van der Waals surface area contributed by atoms with E-state index >= 15 is 0 Å². The molecule has 33 heavy (non-hydrogen) atoms. The lowest BCUT2D eigenvalue weighted by Crippen LogP contribution is -2.50. The summed E-state index contributed by atoms with van der Waals surface area (Å²) in [6.45, 7) is 6.67. The summed E-state index contributed by atoms with van der Waals surface area (Å²) >= 11 is 0. The van der Waals surface area contributed by atoms with Gasteiger partial charge >= 0.3 is 0 Å². The van der Waals surface area contributed by atoms with Crippen LogP contribution in [-0.2, 0) is 11.3 Å². The number of hydrogen-bond donors (Lipinski definition) is 0. The monoisotopic (exact) mass is 443 g/mol. The number of rotatable bonds is 4. The van der Waals surface area contributed by atoms with Crippen LogP contribution in [0.2, 0.25) is 0 Å². The van der Waals surface area contributed by atoms with Gasteiger partial charge in [-0.3, -0.25) is 14.2 Å². The maximum atomic E-state index is 13.0. The molecule has 0 spiro atoms. The van der Waals surface area contributed by atoms with Crippen LogP contribution < -0.4 is 10.5 Å². The molecule has 1 fully saturated rings. The van der Waals surface area contributed by atoms with Crippen molar-refractivity contribution in [2.45, 2.75) is 20.4 Å². The maximum absolute atomic E-state index is 13.0. The number of carbonyl (C=O) groups is 1. The van der Waals surface area contributed by atoms with Gasteiger partial charge in [0.1, 0.15) is 12.9 Å². The highest BCUT2D eigenvalue weighted by molar-refractivity contribution is 5.77. The van der Waals surface area contributed by atoms with Crippen LogP contribution in [0.4, 0.5) is 5.69 Å². The smallest absolute Gasteiger partial charge is 0.284 e. The normalized spacial score (nSPS) is 14.1. The molecule has 9 heteroatoms. The second-order valence-corrected chi connectivity index (χ2v) is 8.40. The zero-order valence-corrected chi connectivity index (χ0v) is 18.7. The number of fused-ring (bicyclic) bond motifs is 1. The van der Waals surface area contributed by atoms with Gasteiger partial charge in [0.05, 0.1) is 5.69 Å². The van der Waals surface area contributed by atoms with Crippen LogP contribution >= 0.6 is 0 Å². The van der Waals surface area contributed by atoms with Crippen molar-refractivity contribution >= 4 is 22.8 Å². The number of anilines is 1. The maximum Gasteiger partial charge on any atom is 0.284 e. The summed E-state index contributed by atoms with van der Waals surface area (Å²) in [4.78, 5) is 34.3. The van der Waals surface area contributed by atoms with E-state index in [9.17, 15) is 9.59 Å². The SMILES string of the molecule is Cc1cc(C)cc(-n2nnc3c(=O)n(CC(=O)N4CCN(c5ccccc5)CC4)cnc32)c1. The average Bonchev–Trinajstić information content (AvgIpc) is 3.26. The number of carbonyl (C=O) groups excluding carboxylic acids is 1. The van der Waals surface area contributed by atoms with E-state index in [0.29, 0.717) is 18.7 Å². The van der Waals surface area contributed by atoms with Gasteiger partial charge in [0.25, 0.3) is 5.56 Å². The van der Waals surface area contributed by atoms with Crippen LogP contribution in [0.1, 0.15) is 11.1 Å². The molecule has 0 bridgehead atoms. The minimum absolute atomic E-state index is 0.0659. The zero-order chi connectivity index (χ0) is 22.9. The first-order valence-electron chi connectivity index (χ1n) is 11.0. The number of hydrogen-bond acceptors (Lipinski definition) is 6. The van der Waals surface area contributed by atoms with Crippen LogP contribution in [0.25, 0.3) is 16.9 Å². The topological polar surface area (TPSA) is 89.1 Å². The lowest BCUT2D eigenvalue weighted by molar-refractivity contribution is -0.132. The molecule has 0 saturated carbocycles. The minimum atomic E-state index is -0.369. The van der Waals surface area contributed by atoms with Crippen molar-refractivity contribution in [3.8, 4) is 5.69 Å². The van der Waals surface area contributed by atoms with Gasteiger partial charge in [0.15, 0.2) is 11.2 Å². The first-order valence-corrected chi connectivity index (χ1v) is 11.0. The molecule has 1 amide bonds. The van der Waals surface area contributed by atoms with Gasteiger partial charge in [0, 0.05) is 31.9 Å². The third-order valence-corrected chi connectivity index (χ3v) is 5.94. The van der Waals surface area contributed by atoms with Crippen LogP contribution in [0.5, 0.6) is 0 Å². The van der Waals surface area contributed by atoms with E-state index in [1.54, 1.807) is 9.58 Å². The summed E-state index contributed by atoms with van der Waals surface area (Å²) in [6, 6.07) is 16.2. The third-order valence-electron chi connectivity index (χ3n) is 5.94. The molecular formula is C24H25N7O2. The van der Waals surface area contributed by atoms with E-state index < -0.39 is 0 Å². The van der Waals surface area contributed by atoms with Crippen molar-refractivity contribution in [3.05, 3.63) is 76.3 Å². The lowest BCUT2D eigenvalue weighted by atomic mass is 10.1. The number of amides is 1. The molecule has 0 aliphatic carbocycles. The molecule has 3 heterocycles. The predicted molar refractivity (Wildman–Crippen MR) is 126 cm³/mol. The van der Waals surface area contributed by atoms with Gasteiger partial charge in [-0.2, -0.15) is 4.68 Å². The number of aromatic nitrogens is 5. The number of aryl methyl sites for hydroxylation is 2. The Morgan fingerprint density at radius 3 is 2.33 bits per heavy atom. The van der Waals surface area contributed by atoms with Crippen LogP contribution in [-0.4, -0.2) is 61.5 Å². The van der Waals surface area contributed by atoms with Crippen LogP contribution in [0, 0.1) is 13.8 Å². The van der Waals surface area contributed by atoms with E-state index in [4.69, 9.17) is 0 Å². The predicted octanol–water partition coefficient (Wildman–Crippen LogP) is 1.94. The van der Waals surface area contributed by atoms with Gasteiger partial charge in [-0.05, 0) is 49.2 Å². The molecule has 5 rings (SSSR count). The molecule has 2 aromatic heterocycles. The van der Waals surface area contributed by atoms with Crippen molar-refractivity contribution in [2.75, 3.05) is 31.1 Å². The molecular weight excluding hydrogens is 418 g/mol. The van der Waals surface area contributed by atoms with Gasteiger partial charge < -0.3 is 9.80 Å². The van der Waals surface area contributed by atoms with Crippen LogP contribution in [0.15, 0.2) is 59.7 Å².